The molecule has 1 saturated carbocycles. The van der Waals surface area contributed by atoms with E-state index in [1.807, 2.05) is 12.1 Å². The Hall–Kier alpha value is -0.280. The fourth-order valence-corrected chi connectivity index (χ4v) is 3.46. The Morgan fingerprint density at radius 1 is 1.15 bits per heavy atom. The van der Waals surface area contributed by atoms with Crippen LogP contribution in [0.4, 0.5) is 0 Å². The van der Waals surface area contributed by atoms with Crippen LogP contribution in [0, 0.1) is 5.41 Å². The van der Waals surface area contributed by atoms with Crippen molar-refractivity contribution in [2.45, 2.75) is 51.2 Å². The largest absolute Gasteiger partial charge is 0.376 e. The maximum absolute atomic E-state index is 6.51. The van der Waals surface area contributed by atoms with Gasteiger partial charge in [0.05, 0.1) is 21.7 Å². The minimum atomic E-state index is -0.343. The van der Waals surface area contributed by atoms with Crippen molar-refractivity contribution in [2.75, 3.05) is 7.11 Å². The Labute approximate surface area is 131 Å². The molecule has 112 valence electrons. The van der Waals surface area contributed by atoms with Gasteiger partial charge in [-0.1, -0.05) is 49.2 Å². The highest BCUT2D eigenvalue weighted by Gasteiger charge is 2.44. The first-order valence-electron chi connectivity index (χ1n) is 7.06. The lowest BCUT2D eigenvalue weighted by Gasteiger charge is -2.46. The fourth-order valence-electron chi connectivity index (χ4n) is 3.04. The molecule has 2 rings (SSSR count). The molecule has 0 bridgehead atoms. The second-order valence-electron chi connectivity index (χ2n) is 6.55. The summed E-state index contributed by atoms with van der Waals surface area (Å²) in [4.78, 5) is 0. The molecule has 1 aliphatic rings. The summed E-state index contributed by atoms with van der Waals surface area (Å²) in [6, 6.07) is 5.36. The van der Waals surface area contributed by atoms with Gasteiger partial charge in [-0.05, 0) is 42.7 Å². The molecule has 1 unspecified atom stereocenters. The second-order valence-corrected chi connectivity index (χ2v) is 7.34. The third kappa shape index (κ3) is 2.99. The van der Waals surface area contributed by atoms with Crippen molar-refractivity contribution in [1.82, 2.24) is 0 Å². The van der Waals surface area contributed by atoms with Gasteiger partial charge in [0.2, 0.25) is 0 Å². The molecule has 0 spiro atoms. The van der Waals surface area contributed by atoms with Gasteiger partial charge in [-0.15, -0.1) is 0 Å². The minimum Gasteiger partial charge on any atom is -0.376 e. The van der Waals surface area contributed by atoms with Gasteiger partial charge in [0.1, 0.15) is 0 Å². The molecule has 0 aliphatic heterocycles. The summed E-state index contributed by atoms with van der Waals surface area (Å²) in [6.45, 7) is 4.59. The molecule has 2 N–H and O–H groups in total. The summed E-state index contributed by atoms with van der Waals surface area (Å²) >= 11 is 12.4. The number of hydrogen-bond donors (Lipinski definition) is 1. The summed E-state index contributed by atoms with van der Waals surface area (Å²) in [7, 11) is 1.75. The number of halogens is 2. The third-order valence-corrected chi connectivity index (χ3v) is 5.57. The SMILES string of the molecule is COC1(C(N)c2cccc(Cl)c2Cl)CCC(C)(C)CC1. The Kier molecular flexibility index (Phi) is 4.70. The molecule has 1 aromatic rings. The number of benzene rings is 1. The van der Waals surface area contributed by atoms with E-state index in [1.54, 1.807) is 13.2 Å². The van der Waals surface area contributed by atoms with E-state index in [9.17, 15) is 0 Å². The first-order chi connectivity index (χ1) is 9.31. The molecule has 2 nitrogen and oxygen atoms in total. The molecule has 20 heavy (non-hydrogen) atoms. The van der Waals surface area contributed by atoms with Crippen LogP contribution in [0.15, 0.2) is 18.2 Å². The maximum Gasteiger partial charge on any atom is 0.0871 e. The average molecular weight is 316 g/mol. The van der Waals surface area contributed by atoms with Crippen molar-refractivity contribution in [3.63, 3.8) is 0 Å². The van der Waals surface area contributed by atoms with Gasteiger partial charge in [0, 0.05) is 7.11 Å². The van der Waals surface area contributed by atoms with Gasteiger partial charge in [0.15, 0.2) is 0 Å². The van der Waals surface area contributed by atoms with E-state index in [1.165, 1.54) is 0 Å². The zero-order chi connectivity index (χ0) is 15.0. The summed E-state index contributed by atoms with van der Waals surface area (Å²) in [5, 5.41) is 1.09. The van der Waals surface area contributed by atoms with E-state index in [4.69, 9.17) is 33.7 Å². The number of hydrogen-bond acceptors (Lipinski definition) is 2. The van der Waals surface area contributed by atoms with Gasteiger partial charge in [-0.2, -0.15) is 0 Å². The van der Waals surface area contributed by atoms with E-state index in [-0.39, 0.29) is 11.6 Å². The van der Waals surface area contributed by atoms with Gasteiger partial charge < -0.3 is 10.5 Å². The monoisotopic (exact) mass is 315 g/mol. The molecule has 1 aromatic carbocycles. The Morgan fingerprint density at radius 3 is 2.30 bits per heavy atom. The fraction of sp³-hybridized carbons (Fsp3) is 0.625. The number of rotatable bonds is 3. The van der Waals surface area contributed by atoms with Gasteiger partial charge in [0.25, 0.3) is 0 Å². The molecular weight excluding hydrogens is 293 g/mol. The Bertz CT molecular complexity index is 477. The molecule has 4 heteroatoms. The highest BCUT2D eigenvalue weighted by atomic mass is 35.5. The first-order valence-corrected chi connectivity index (χ1v) is 7.82. The summed E-state index contributed by atoms with van der Waals surface area (Å²) in [6.07, 6.45) is 4.10. The standard InChI is InChI=1S/C16H23Cl2NO/c1-15(2)7-9-16(20-3,10-8-15)14(19)11-5-4-6-12(17)13(11)18/h4-6,14H,7-10,19H2,1-3H3. The second kappa shape index (κ2) is 5.84. The van der Waals surface area contributed by atoms with Crippen molar-refractivity contribution < 1.29 is 4.74 Å². The predicted molar refractivity (Wildman–Crippen MR) is 85.4 cm³/mol. The topological polar surface area (TPSA) is 35.2 Å². The van der Waals surface area contributed by atoms with Crippen molar-refractivity contribution in [1.29, 1.82) is 0 Å². The summed E-state index contributed by atoms with van der Waals surface area (Å²) < 4.78 is 5.86. The van der Waals surface area contributed by atoms with E-state index < -0.39 is 0 Å². The molecule has 0 saturated heterocycles. The minimum absolute atomic E-state index is 0.255. The highest BCUT2D eigenvalue weighted by Crippen LogP contribution is 2.47. The van der Waals surface area contributed by atoms with Crippen LogP contribution in [0.1, 0.15) is 51.1 Å². The zero-order valence-electron chi connectivity index (χ0n) is 12.4. The van der Waals surface area contributed by atoms with Crippen LogP contribution in [0.3, 0.4) is 0 Å². The first kappa shape index (κ1) is 16.1. The molecule has 1 aliphatic carbocycles. The van der Waals surface area contributed by atoms with E-state index in [2.05, 4.69) is 13.8 Å². The Balaban J connectivity index is 2.30. The van der Waals surface area contributed by atoms with Gasteiger partial charge in [-0.3, -0.25) is 0 Å². The van der Waals surface area contributed by atoms with Crippen LogP contribution in [0.25, 0.3) is 0 Å². The highest BCUT2D eigenvalue weighted by molar-refractivity contribution is 6.42. The molecule has 0 radical (unpaired) electrons. The molecule has 0 amide bonds. The Morgan fingerprint density at radius 2 is 1.75 bits per heavy atom. The van der Waals surface area contributed by atoms with Crippen LogP contribution in [0.5, 0.6) is 0 Å². The molecule has 0 heterocycles. The molecule has 0 aromatic heterocycles. The van der Waals surface area contributed by atoms with Crippen molar-refractivity contribution in [3.05, 3.63) is 33.8 Å². The number of methoxy groups -OCH3 is 1. The van der Waals surface area contributed by atoms with Gasteiger partial charge in [-0.25, -0.2) is 0 Å². The van der Waals surface area contributed by atoms with Crippen LogP contribution in [-0.4, -0.2) is 12.7 Å². The average Bonchev–Trinajstić information content (AvgIpc) is 2.42. The number of nitrogens with two attached hydrogens (primary N) is 1. The normalized spacial score (nSPS) is 22.5. The lowest BCUT2D eigenvalue weighted by Crippen LogP contribution is -2.47. The number of ether oxygens (including phenoxy) is 1. The summed E-state index contributed by atoms with van der Waals surface area (Å²) in [5.41, 5.74) is 7.40. The molecule has 1 atom stereocenters. The van der Waals surface area contributed by atoms with Crippen molar-refractivity contribution in [2.24, 2.45) is 11.1 Å². The van der Waals surface area contributed by atoms with E-state index >= 15 is 0 Å². The van der Waals surface area contributed by atoms with E-state index in [0.717, 1.165) is 31.2 Å². The maximum atomic E-state index is 6.51. The van der Waals surface area contributed by atoms with E-state index in [0.29, 0.717) is 15.5 Å². The van der Waals surface area contributed by atoms with Gasteiger partial charge >= 0.3 is 0 Å². The third-order valence-electron chi connectivity index (χ3n) is 4.74. The molecular formula is C16H23Cl2NO. The quantitative estimate of drug-likeness (QED) is 0.853. The van der Waals surface area contributed by atoms with Crippen molar-refractivity contribution in [3.8, 4) is 0 Å². The summed E-state index contributed by atoms with van der Waals surface area (Å²) in [5.74, 6) is 0. The van der Waals surface area contributed by atoms with Crippen LogP contribution in [-0.2, 0) is 4.74 Å². The lowest BCUT2D eigenvalue weighted by atomic mass is 9.67. The molecule has 1 fully saturated rings. The van der Waals surface area contributed by atoms with Crippen LogP contribution >= 0.6 is 23.2 Å². The zero-order valence-corrected chi connectivity index (χ0v) is 13.9. The van der Waals surface area contributed by atoms with Crippen LogP contribution < -0.4 is 5.73 Å². The smallest absolute Gasteiger partial charge is 0.0871 e. The van der Waals surface area contributed by atoms with Crippen LogP contribution in [0.2, 0.25) is 10.0 Å². The lowest BCUT2D eigenvalue weighted by molar-refractivity contribution is -0.0794. The predicted octanol–water partition coefficient (Wildman–Crippen LogP) is 4.98. The van der Waals surface area contributed by atoms with Crippen molar-refractivity contribution >= 4 is 23.2 Å².